The highest BCUT2D eigenvalue weighted by atomic mass is 35.5. The first-order valence-electron chi connectivity index (χ1n) is 8.84. The average molecular weight is 428 g/mol. The molecule has 0 aliphatic carbocycles. The van der Waals surface area contributed by atoms with Crippen LogP contribution in [0.15, 0.2) is 30.3 Å². The van der Waals surface area contributed by atoms with E-state index in [2.05, 4.69) is 28.5 Å². The SMILES string of the molecule is Cc1ccc(CNC(=O)NCC2CN(Cc3ccc(Cl)c(Cl)c3)CCO2)s1. The lowest BCUT2D eigenvalue weighted by atomic mass is 10.2. The van der Waals surface area contributed by atoms with E-state index in [9.17, 15) is 4.79 Å². The van der Waals surface area contributed by atoms with Crippen molar-refractivity contribution in [2.75, 3.05) is 26.2 Å². The lowest BCUT2D eigenvalue weighted by Gasteiger charge is -2.33. The Kier molecular flexibility index (Phi) is 7.38. The van der Waals surface area contributed by atoms with E-state index in [1.54, 1.807) is 11.3 Å². The molecule has 1 aliphatic rings. The molecule has 1 aliphatic heterocycles. The Labute approximate surface area is 173 Å². The number of nitrogens with one attached hydrogen (secondary N) is 2. The topological polar surface area (TPSA) is 53.6 Å². The molecule has 1 fully saturated rings. The van der Waals surface area contributed by atoms with E-state index in [-0.39, 0.29) is 12.1 Å². The molecule has 3 rings (SSSR count). The zero-order valence-electron chi connectivity index (χ0n) is 15.1. The number of thiophene rings is 1. The van der Waals surface area contributed by atoms with Gasteiger partial charge in [0.25, 0.3) is 0 Å². The zero-order valence-corrected chi connectivity index (χ0v) is 17.5. The number of benzene rings is 1. The first kappa shape index (κ1) is 20.4. The van der Waals surface area contributed by atoms with Crippen LogP contribution in [0.2, 0.25) is 10.0 Å². The fourth-order valence-corrected chi connectivity index (χ4v) is 4.11. The van der Waals surface area contributed by atoms with E-state index >= 15 is 0 Å². The van der Waals surface area contributed by atoms with Crippen LogP contribution in [0.1, 0.15) is 15.3 Å². The third-order valence-electron chi connectivity index (χ3n) is 4.32. The second kappa shape index (κ2) is 9.75. The third-order valence-corrected chi connectivity index (χ3v) is 6.06. The molecule has 1 aromatic heterocycles. The van der Waals surface area contributed by atoms with Crippen LogP contribution in [-0.2, 0) is 17.8 Å². The number of rotatable bonds is 6. The second-order valence-corrected chi connectivity index (χ2v) is 8.74. The first-order valence-corrected chi connectivity index (χ1v) is 10.4. The van der Waals surface area contributed by atoms with Crippen molar-refractivity contribution in [1.29, 1.82) is 0 Å². The monoisotopic (exact) mass is 427 g/mol. The Bertz CT molecular complexity index is 784. The van der Waals surface area contributed by atoms with Gasteiger partial charge in [-0.05, 0) is 36.8 Å². The van der Waals surface area contributed by atoms with Gasteiger partial charge in [0.2, 0.25) is 0 Å². The Morgan fingerprint density at radius 2 is 2.11 bits per heavy atom. The van der Waals surface area contributed by atoms with Gasteiger partial charge < -0.3 is 15.4 Å². The van der Waals surface area contributed by atoms with Gasteiger partial charge in [0.1, 0.15) is 0 Å². The van der Waals surface area contributed by atoms with Crippen molar-refractivity contribution in [3.63, 3.8) is 0 Å². The molecule has 2 heterocycles. The van der Waals surface area contributed by atoms with Gasteiger partial charge in [-0.15, -0.1) is 11.3 Å². The molecule has 1 saturated heterocycles. The Hall–Kier alpha value is -1.31. The Balaban J connectivity index is 1.41. The summed E-state index contributed by atoms with van der Waals surface area (Å²) in [4.78, 5) is 16.7. The Morgan fingerprint density at radius 3 is 2.85 bits per heavy atom. The smallest absolute Gasteiger partial charge is 0.315 e. The van der Waals surface area contributed by atoms with Crippen molar-refractivity contribution >= 4 is 40.6 Å². The molecule has 5 nitrogen and oxygen atoms in total. The number of urea groups is 1. The number of aryl methyl sites for hydroxylation is 1. The van der Waals surface area contributed by atoms with Crippen molar-refractivity contribution in [2.24, 2.45) is 0 Å². The summed E-state index contributed by atoms with van der Waals surface area (Å²) in [6.07, 6.45) is -0.0312. The number of halogens is 2. The molecular formula is C19H23Cl2N3O2S. The van der Waals surface area contributed by atoms with E-state index in [1.165, 1.54) is 4.88 Å². The highest BCUT2D eigenvalue weighted by molar-refractivity contribution is 7.11. The summed E-state index contributed by atoms with van der Waals surface area (Å²) in [5.41, 5.74) is 1.11. The molecule has 0 spiro atoms. The Morgan fingerprint density at radius 1 is 1.26 bits per heavy atom. The van der Waals surface area contributed by atoms with Crippen LogP contribution in [0.3, 0.4) is 0 Å². The molecule has 0 radical (unpaired) electrons. The van der Waals surface area contributed by atoms with E-state index in [0.29, 0.717) is 29.7 Å². The van der Waals surface area contributed by atoms with Gasteiger partial charge in [0, 0.05) is 35.9 Å². The summed E-state index contributed by atoms with van der Waals surface area (Å²) < 4.78 is 5.78. The fourth-order valence-electron chi connectivity index (χ4n) is 2.96. The average Bonchev–Trinajstić information content (AvgIpc) is 3.07. The predicted molar refractivity (Wildman–Crippen MR) is 111 cm³/mol. The van der Waals surface area contributed by atoms with E-state index in [1.807, 2.05) is 24.3 Å². The van der Waals surface area contributed by atoms with Crippen molar-refractivity contribution in [3.8, 4) is 0 Å². The zero-order chi connectivity index (χ0) is 19.2. The van der Waals surface area contributed by atoms with Crippen LogP contribution in [0.25, 0.3) is 0 Å². The summed E-state index contributed by atoms with van der Waals surface area (Å²) in [7, 11) is 0. The lowest BCUT2D eigenvalue weighted by molar-refractivity contribution is -0.0287. The molecule has 0 saturated carbocycles. The summed E-state index contributed by atoms with van der Waals surface area (Å²) in [5.74, 6) is 0. The first-order chi connectivity index (χ1) is 13.0. The van der Waals surface area contributed by atoms with Gasteiger partial charge in [-0.25, -0.2) is 4.79 Å². The molecule has 2 N–H and O–H groups in total. The number of carbonyl (C=O) groups excluding carboxylic acids is 1. The lowest BCUT2D eigenvalue weighted by Crippen LogP contribution is -2.48. The second-order valence-electron chi connectivity index (χ2n) is 6.55. The van der Waals surface area contributed by atoms with Crippen molar-refractivity contribution in [3.05, 3.63) is 55.7 Å². The van der Waals surface area contributed by atoms with E-state index < -0.39 is 0 Å². The minimum Gasteiger partial charge on any atom is -0.374 e. The summed E-state index contributed by atoms with van der Waals surface area (Å²) in [6.45, 7) is 6.10. The largest absolute Gasteiger partial charge is 0.374 e. The van der Waals surface area contributed by atoms with Gasteiger partial charge >= 0.3 is 6.03 Å². The fraction of sp³-hybridized carbons (Fsp3) is 0.421. The number of amides is 2. The van der Waals surface area contributed by atoms with Gasteiger partial charge in [-0.3, -0.25) is 4.90 Å². The normalized spacial score (nSPS) is 17.7. The van der Waals surface area contributed by atoms with Crippen molar-refractivity contribution < 1.29 is 9.53 Å². The van der Waals surface area contributed by atoms with Gasteiger partial charge in [-0.2, -0.15) is 0 Å². The van der Waals surface area contributed by atoms with Crippen LogP contribution in [-0.4, -0.2) is 43.3 Å². The molecule has 1 aromatic carbocycles. The predicted octanol–water partition coefficient (Wildman–Crippen LogP) is 4.06. The number of hydrogen-bond donors (Lipinski definition) is 2. The summed E-state index contributed by atoms with van der Waals surface area (Å²) in [6, 6.07) is 9.61. The van der Waals surface area contributed by atoms with Gasteiger partial charge in [0.15, 0.2) is 0 Å². The van der Waals surface area contributed by atoms with Gasteiger partial charge in [0.05, 0.1) is 29.3 Å². The minimum atomic E-state index is -0.175. The third kappa shape index (κ3) is 6.36. The molecule has 27 heavy (non-hydrogen) atoms. The summed E-state index contributed by atoms with van der Waals surface area (Å²) >= 11 is 13.8. The van der Waals surface area contributed by atoms with Crippen LogP contribution < -0.4 is 10.6 Å². The number of nitrogens with zero attached hydrogens (tertiary/aromatic N) is 1. The highest BCUT2D eigenvalue weighted by Gasteiger charge is 2.21. The molecule has 2 aromatic rings. The van der Waals surface area contributed by atoms with Crippen LogP contribution in [0.5, 0.6) is 0 Å². The number of carbonyl (C=O) groups is 1. The number of hydrogen-bond acceptors (Lipinski definition) is 4. The summed E-state index contributed by atoms with van der Waals surface area (Å²) in [5, 5.41) is 6.90. The molecular weight excluding hydrogens is 405 g/mol. The maximum absolute atomic E-state index is 12.0. The molecule has 146 valence electrons. The number of morpholine rings is 1. The molecule has 8 heteroatoms. The molecule has 1 atom stereocenters. The molecule has 2 amide bonds. The standard InChI is InChI=1S/C19H23Cl2N3O2S/c1-13-2-4-16(27-13)10-23-19(25)22-9-15-12-24(6-7-26-15)11-14-3-5-17(20)18(21)8-14/h2-5,8,15H,6-7,9-12H2,1H3,(H2,22,23,25). The maximum atomic E-state index is 12.0. The van der Waals surface area contributed by atoms with Crippen LogP contribution >= 0.6 is 34.5 Å². The van der Waals surface area contributed by atoms with E-state index in [0.717, 1.165) is 30.1 Å². The van der Waals surface area contributed by atoms with Crippen LogP contribution in [0, 0.1) is 6.92 Å². The highest BCUT2D eigenvalue weighted by Crippen LogP contribution is 2.23. The van der Waals surface area contributed by atoms with Gasteiger partial charge in [-0.1, -0.05) is 29.3 Å². The molecule has 1 unspecified atom stereocenters. The maximum Gasteiger partial charge on any atom is 0.315 e. The van der Waals surface area contributed by atoms with Crippen molar-refractivity contribution in [2.45, 2.75) is 26.1 Å². The number of ether oxygens (including phenoxy) is 1. The van der Waals surface area contributed by atoms with Crippen LogP contribution in [0.4, 0.5) is 4.79 Å². The van der Waals surface area contributed by atoms with Crippen molar-refractivity contribution in [1.82, 2.24) is 15.5 Å². The molecule has 0 bridgehead atoms. The van der Waals surface area contributed by atoms with E-state index in [4.69, 9.17) is 27.9 Å². The quantitative estimate of drug-likeness (QED) is 0.730. The minimum absolute atomic E-state index is 0.0312.